The molecule has 2 aliphatic carbocycles. The minimum atomic E-state index is -0.861. The Hall–Kier alpha value is -2.62. The molecule has 33 heavy (non-hydrogen) atoms. The summed E-state index contributed by atoms with van der Waals surface area (Å²) in [5, 5.41) is 15.5. The number of imidazole rings is 1. The fourth-order valence-electron chi connectivity index (χ4n) is 5.21. The van der Waals surface area contributed by atoms with Crippen molar-refractivity contribution in [2.45, 2.75) is 76.7 Å². The predicted molar refractivity (Wildman–Crippen MR) is 125 cm³/mol. The molecule has 0 aliphatic heterocycles. The van der Waals surface area contributed by atoms with E-state index in [0.29, 0.717) is 30.4 Å². The van der Waals surface area contributed by atoms with E-state index in [1.807, 2.05) is 0 Å². The smallest absolute Gasteiger partial charge is 0.357 e. The van der Waals surface area contributed by atoms with Gasteiger partial charge >= 0.3 is 11.7 Å². The molecular weight excluding hydrogens is 444 g/mol. The predicted octanol–water partition coefficient (Wildman–Crippen LogP) is 4.01. The second-order valence-corrected chi connectivity index (χ2v) is 10.1. The van der Waals surface area contributed by atoms with E-state index in [1.54, 1.807) is 0 Å². The zero-order valence-corrected chi connectivity index (χ0v) is 19.8. The highest BCUT2D eigenvalue weighted by Gasteiger charge is 2.32. The first-order chi connectivity index (χ1) is 16.0. The first-order valence-corrected chi connectivity index (χ1v) is 12.7. The van der Waals surface area contributed by atoms with Crippen LogP contribution in [0.5, 0.6) is 5.88 Å². The Labute approximate surface area is 196 Å². The van der Waals surface area contributed by atoms with Gasteiger partial charge in [0.05, 0.1) is 12.8 Å². The van der Waals surface area contributed by atoms with Gasteiger partial charge in [-0.15, -0.1) is 11.3 Å². The topological polar surface area (TPSA) is 126 Å². The SMILES string of the molecule is COC(=O)c1csc(NC(=O)[C@H](CC2CCCCC2)n2c(O)c(CC3CCCC3)[nH]c2=O)n1. The van der Waals surface area contributed by atoms with Gasteiger partial charge in [0, 0.05) is 5.38 Å². The Bertz CT molecular complexity index is 1030. The second kappa shape index (κ2) is 10.5. The van der Waals surface area contributed by atoms with Crippen molar-refractivity contribution in [3.05, 3.63) is 27.3 Å². The van der Waals surface area contributed by atoms with Crippen LogP contribution in [0.25, 0.3) is 0 Å². The van der Waals surface area contributed by atoms with Crippen molar-refractivity contribution in [3.63, 3.8) is 0 Å². The molecule has 0 saturated heterocycles. The average molecular weight is 477 g/mol. The van der Waals surface area contributed by atoms with Gasteiger partial charge in [-0.2, -0.15) is 0 Å². The summed E-state index contributed by atoms with van der Waals surface area (Å²) in [5.74, 6) is -0.398. The lowest BCUT2D eigenvalue weighted by Gasteiger charge is -2.26. The number of aromatic nitrogens is 3. The molecule has 0 bridgehead atoms. The number of aromatic amines is 1. The molecule has 1 atom stereocenters. The fraction of sp³-hybridized carbons (Fsp3) is 0.652. The molecule has 2 aliphatic rings. The molecule has 10 heteroatoms. The largest absolute Gasteiger partial charge is 0.493 e. The van der Waals surface area contributed by atoms with Crippen LogP contribution in [0.1, 0.15) is 86.4 Å². The highest BCUT2D eigenvalue weighted by molar-refractivity contribution is 7.14. The summed E-state index contributed by atoms with van der Waals surface area (Å²) in [6.07, 6.45) is 11.0. The van der Waals surface area contributed by atoms with Gasteiger partial charge in [-0.05, 0) is 24.7 Å². The fourth-order valence-corrected chi connectivity index (χ4v) is 5.89. The Morgan fingerprint density at radius 3 is 2.58 bits per heavy atom. The number of H-pyrrole nitrogens is 1. The summed E-state index contributed by atoms with van der Waals surface area (Å²) < 4.78 is 5.88. The van der Waals surface area contributed by atoms with Gasteiger partial charge in [0.2, 0.25) is 11.8 Å². The number of carbonyl (C=O) groups is 2. The van der Waals surface area contributed by atoms with Gasteiger partial charge < -0.3 is 20.1 Å². The maximum absolute atomic E-state index is 13.3. The Morgan fingerprint density at radius 2 is 1.88 bits per heavy atom. The number of esters is 1. The van der Waals surface area contributed by atoms with Crippen molar-refractivity contribution >= 4 is 28.3 Å². The molecule has 2 aromatic heterocycles. The molecular formula is C23H32N4O5S. The number of nitrogens with zero attached hydrogens (tertiary/aromatic N) is 2. The van der Waals surface area contributed by atoms with Crippen LogP contribution in [0.2, 0.25) is 0 Å². The van der Waals surface area contributed by atoms with Crippen molar-refractivity contribution in [2.24, 2.45) is 11.8 Å². The minimum absolute atomic E-state index is 0.113. The summed E-state index contributed by atoms with van der Waals surface area (Å²) >= 11 is 1.11. The lowest BCUT2D eigenvalue weighted by molar-refractivity contribution is -0.120. The Balaban J connectivity index is 1.58. The van der Waals surface area contributed by atoms with Crippen molar-refractivity contribution in [2.75, 3.05) is 12.4 Å². The van der Waals surface area contributed by atoms with E-state index in [2.05, 4.69) is 20.0 Å². The maximum Gasteiger partial charge on any atom is 0.357 e. The molecule has 0 unspecified atom stereocenters. The van der Waals surface area contributed by atoms with Crippen LogP contribution in [0.15, 0.2) is 10.2 Å². The lowest BCUT2D eigenvalue weighted by Crippen LogP contribution is -2.33. The van der Waals surface area contributed by atoms with Crippen LogP contribution >= 0.6 is 11.3 Å². The van der Waals surface area contributed by atoms with Gasteiger partial charge in [0.25, 0.3) is 0 Å². The van der Waals surface area contributed by atoms with Gasteiger partial charge in [-0.3, -0.25) is 9.36 Å². The van der Waals surface area contributed by atoms with Crippen LogP contribution in [-0.4, -0.2) is 38.6 Å². The number of anilines is 1. The molecule has 0 radical (unpaired) electrons. The summed E-state index contributed by atoms with van der Waals surface area (Å²) in [4.78, 5) is 44.9. The number of ether oxygens (including phenoxy) is 1. The van der Waals surface area contributed by atoms with Gasteiger partial charge in [-0.1, -0.05) is 57.8 Å². The maximum atomic E-state index is 13.3. The first-order valence-electron chi connectivity index (χ1n) is 11.8. The Kier molecular flexibility index (Phi) is 7.52. The molecule has 2 heterocycles. The van der Waals surface area contributed by atoms with Crippen LogP contribution in [0, 0.1) is 11.8 Å². The quantitative estimate of drug-likeness (QED) is 0.494. The molecule has 9 nitrogen and oxygen atoms in total. The number of carbonyl (C=O) groups excluding carboxylic acids is 2. The van der Waals surface area contributed by atoms with Crippen LogP contribution in [0.4, 0.5) is 5.13 Å². The molecule has 4 rings (SSSR count). The molecule has 0 spiro atoms. The summed E-state index contributed by atoms with van der Waals surface area (Å²) in [6, 6.07) is -0.861. The molecule has 3 N–H and O–H groups in total. The van der Waals surface area contributed by atoms with E-state index in [4.69, 9.17) is 0 Å². The molecule has 0 aromatic carbocycles. The van der Waals surface area contributed by atoms with E-state index in [9.17, 15) is 19.5 Å². The van der Waals surface area contributed by atoms with Gasteiger partial charge in [0.1, 0.15) is 6.04 Å². The van der Waals surface area contributed by atoms with Gasteiger partial charge in [0.15, 0.2) is 10.8 Å². The summed E-state index contributed by atoms with van der Waals surface area (Å²) in [5.41, 5.74) is 0.156. The van der Waals surface area contributed by atoms with E-state index >= 15 is 0 Å². The number of hydrogen-bond donors (Lipinski definition) is 3. The van der Waals surface area contributed by atoms with Crippen LogP contribution in [0.3, 0.4) is 0 Å². The third kappa shape index (κ3) is 5.48. The van der Waals surface area contributed by atoms with Crippen LogP contribution in [-0.2, 0) is 16.0 Å². The Morgan fingerprint density at radius 1 is 1.21 bits per heavy atom. The van der Waals surface area contributed by atoms with Crippen LogP contribution < -0.4 is 11.0 Å². The minimum Gasteiger partial charge on any atom is -0.493 e. The molecule has 180 valence electrons. The van der Waals surface area contributed by atoms with Crippen molar-refractivity contribution in [1.82, 2.24) is 14.5 Å². The summed E-state index contributed by atoms with van der Waals surface area (Å²) in [7, 11) is 1.27. The lowest BCUT2D eigenvalue weighted by atomic mass is 9.84. The second-order valence-electron chi connectivity index (χ2n) is 9.23. The molecule has 1 amide bonds. The summed E-state index contributed by atoms with van der Waals surface area (Å²) in [6.45, 7) is 0. The highest BCUT2D eigenvalue weighted by atomic mass is 32.1. The number of methoxy groups -OCH3 is 1. The van der Waals surface area contributed by atoms with E-state index in [0.717, 1.165) is 49.9 Å². The van der Waals surface area contributed by atoms with E-state index < -0.39 is 23.6 Å². The number of hydrogen-bond acceptors (Lipinski definition) is 7. The van der Waals surface area contributed by atoms with Crippen molar-refractivity contribution in [3.8, 4) is 5.88 Å². The average Bonchev–Trinajstić information content (AvgIpc) is 3.55. The standard InChI is InChI=1S/C23H32N4O5S/c1-32-21(30)17-13-33-22(24-17)26-19(28)18(12-15-7-3-2-4-8-15)27-20(29)16(25-23(27)31)11-14-9-5-6-10-14/h13-15,18,29H,2-12H2,1H3,(H,25,31)(H,24,26,28)/t18-/m0/s1. The number of thiazole rings is 1. The number of amides is 1. The van der Waals surface area contributed by atoms with E-state index in [-0.39, 0.29) is 16.7 Å². The van der Waals surface area contributed by atoms with Crippen molar-refractivity contribution < 1.29 is 19.4 Å². The third-order valence-electron chi connectivity index (χ3n) is 6.97. The number of rotatable bonds is 8. The number of nitrogens with one attached hydrogen (secondary N) is 2. The zero-order chi connectivity index (χ0) is 23.4. The van der Waals surface area contributed by atoms with E-state index in [1.165, 1.54) is 36.3 Å². The van der Waals surface area contributed by atoms with Crippen molar-refractivity contribution in [1.29, 1.82) is 0 Å². The zero-order valence-electron chi connectivity index (χ0n) is 19.0. The molecule has 2 aromatic rings. The third-order valence-corrected chi connectivity index (χ3v) is 7.72. The monoisotopic (exact) mass is 476 g/mol. The van der Waals surface area contributed by atoms with Gasteiger partial charge in [-0.25, -0.2) is 14.6 Å². The first kappa shape index (κ1) is 23.5. The highest BCUT2D eigenvalue weighted by Crippen LogP contribution is 2.35. The normalized spacial score (nSPS) is 18.3. The molecule has 2 saturated carbocycles. The molecule has 2 fully saturated rings. The number of aromatic hydroxyl groups is 1.